The summed E-state index contributed by atoms with van der Waals surface area (Å²) in [6, 6.07) is 1.15. The number of aromatic nitrogens is 2. The second-order valence-electron chi connectivity index (χ2n) is 2.16. The molecule has 0 radical (unpaired) electrons. The van der Waals surface area contributed by atoms with Gasteiger partial charge in [0.25, 0.3) is 5.56 Å². The van der Waals surface area contributed by atoms with Crippen LogP contribution in [-0.2, 0) is 6.54 Å². The molecule has 1 aromatic rings. The zero-order valence-electron chi connectivity index (χ0n) is 6.21. The standard InChI is InChI=1S/C7H7ClN2O2/c1-2-3-10-6(11)4-5(8)9-7(10)12/h2,4H,1,3H2,(H,9,12). The van der Waals surface area contributed by atoms with E-state index in [1.807, 2.05) is 0 Å². The summed E-state index contributed by atoms with van der Waals surface area (Å²) in [7, 11) is 0. The fourth-order valence-electron chi connectivity index (χ4n) is 0.794. The fourth-order valence-corrected chi connectivity index (χ4v) is 0.968. The molecule has 64 valence electrons. The lowest BCUT2D eigenvalue weighted by atomic mass is 10.5. The maximum atomic E-state index is 11.1. The molecule has 0 atom stereocenters. The molecule has 0 unspecified atom stereocenters. The van der Waals surface area contributed by atoms with E-state index in [-0.39, 0.29) is 11.7 Å². The molecule has 12 heavy (non-hydrogen) atoms. The first-order valence-electron chi connectivity index (χ1n) is 3.25. The van der Waals surface area contributed by atoms with Crippen LogP contribution in [0.4, 0.5) is 0 Å². The quantitative estimate of drug-likeness (QED) is 0.536. The Morgan fingerprint density at radius 3 is 2.83 bits per heavy atom. The summed E-state index contributed by atoms with van der Waals surface area (Å²) in [5.41, 5.74) is -0.948. The van der Waals surface area contributed by atoms with Crippen LogP contribution in [0.3, 0.4) is 0 Å². The van der Waals surface area contributed by atoms with Crippen molar-refractivity contribution >= 4 is 11.6 Å². The van der Waals surface area contributed by atoms with Gasteiger partial charge in [0, 0.05) is 12.6 Å². The molecule has 0 spiro atoms. The van der Waals surface area contributed by atoms with Gasteiger partial charge < -0.3 is 0 Å². The summed E-state index contributed by atoms with van der Waals surface area (Å²) in [6.07, 6.45) is 1.46. The molecule has 5 heteroatoms. The Morgan fingerprint density at radius 2 is 2.33 bits per heavy atom. The second kappa shape index (κ2) is 3.40. The molecule has 4 nitrogen and oxygen atoms in total. The third-order valence-electron chi connectivity index (χ3n) is 1.30. The number of hydrogen-bond donors (Lipinski definition) is 1. The predicted molar refractivity (Wildman–Crippen MR) is 46.5 cm³/mol. The smallest absolute Gasteiger partial charge is 0.298 e. The van der Waals surface area contributed by atoms with Crippen LogP contribution in [-0.4, -0.2) is 9.55 Å². The number of allylic oxidation sites excluding steroid dienone is 1. The summed E-state index contributed by atoms with van der Waals surface area (Å²) < 4.78 is 0.999. The Kier molecular flexibility index (Phi) is 2.50. The van der Waals surface area contributed by atoms with E-state index in [2.05, 4.69) is 11.6 Å². The van der Waals surface area contributed by atoms with Gasteiger partial charge in [-0.25, -0.2) is 4.79 Å². The molecular weight excluding hydrogens is 180 g/mol. The van der Waals surface area contributed by atoms with E-state index in [4.69, 9.17) is 11.6 Å². The van der Waals surface area contributed by atoms with Gasteiger partial charge in [-0.15, -0.1) is 6.58 Å². The van der Waals surface area contributed by atoms with Crippen LogP contribution in [0, 0.1) is 0 Å². The van der Waals surface area contributed by atoms with Crippen LogP contribution in [0.2, 0.25) is 5.15 Å². The van der Waals surface area contributed by atoms with Crippen molar-refractivity contribution < 1.29 is 0 Å². The summed E-state index contributed by atoms with van der Waals surface area (Å²) in [5.74, 6) is 0. The van der Waals surface area contributed by atoms with Crippen LogP contribution in [0.5, 0.6) is 0 Å². The molecule has 1 aromatic heterocycles. The molecule has 0 amide bonds. The Hall–Kier alpha value is -1.29. The topological polar surface area (TPSA) is 54.9 Å². The summed E-state index contributed by atoms with van der Waals surface area (Å²) in [5, 5.41) is 0.0466. The molecule has 0 aliphatic rings. The van der Waals surface area contributed by atoms with E-state index in [1.165, 1.54) is 6.08 Å². The molecule has 0 saturated heterocycles. The van der Waals surface area contributed by atoms with Crippen molar-refractivity contribution in [1.82, 2.24) is 9.55 Å². The molecule has 0 aromatic carbocycles. The first-order valence-corrected chi connectivity index (χ1v) is 3.63. The monoisotopic (exact) mass is 186 g/mol. The van der Waals surface area contributed by atoms with Crippen LogP contribution >= 0.6 is 11.6 Å². The Bertz CT molecular complexity index is 373. The Morgan fingerprint density at radius 1 is 1.67 bits per heavy atom. The number of hydrogen-bond acceptors (Lipinski definition) is 2. The highest BCUT2D eigenvalue weighted by Gasteiger charge is 1.99. The average molecular weight is 187 g/mol. The van der Waals surface area contributed by atoms with Gasteiger partial charge in [-0.3, -0.25) is 14.3 Å². The third kappa shape index (κ3) is 1.65. The van der Waals surface area contributed by atoms with E-state index in [0.29, 0.717) is 0 Å². The minimum atomic E-state index is -0.521. The first kappa shape index (κ1) is 8.80. The Balaban J connectivity index is 3.38. The second-order valence-corrected chi connectivity index (χ2v) is 2.57. The maximum absolute atomic E-state index is 11.1. The zero-order valence-corrected chi connectivity index (χ0v) is 6.97. The lowest BCUT2D eigenvalue weighted by Crippen LogP contribution is -2.33. The van der Waals surface area contributed by atoms with E-state index in [9.17, 15) is 9.59 Å². The number of aromatic amines is 1. The van der Waals surface area contributed by atoms with Gasteiger partial charge >= 0.3 is 5.69 Å². The number of halogens is 1. The van der Waals surface area contributed by atoms with Gasteiger partial charge in [0.2, 0.25) is 0 Å². The molecule has 0 fully saturated rings. The lowest BCUT2D eigenvalue weighted by molar-refractivity contribution is 0.714. The SMILES string of the molecule is C=CCn1c(=O)cc(Cl)[nH]c1=O. The highest BCUT2D eigenvalue weighted by atomic mass is 35.5. The molecule has 1 heterocycles. The average Bonchev–Trinajstić information content (AvgIpc) is 1.96. The van der Waals surface area contributed by atoms with Crippen molar-refractivity contribution in [2.75, 3.05) is 0 Å². The minimum absolute atomic E-state index is 0.0466. The van der Waals surface area contributed by atoms with Crippen molar-refractivity contribution in [2.24, 2.45) is 0 Å². The summed E-state index contributed by atoms with van der Waals surface area (Å²) in [4.78, 5) is 24.4. The van der Waals surface area contributed by atoms with Crippen LogP contribution in [0.1, 0.15) is 0 Å². The maximum Gasteiger partial charge on any atom is 0.329 e. The van der Waals surface area contributed by atoms with E-state index in [1.54, 1.807) is 0 Å². The first-order chi connectivity index (χ1) is 5.65. The van der Waals surface area contributed by atoms with Crippen molar-refractivity contribution in [3.8, 4) is 0 Å². The van der Waals surface area contributed by atoms with Crippen LogP contribution < -0.4 is 11.2 Å². The van der Waals surface area contributed by atoms with Gasteiger partial charge in [-0.1, -0.05) is 17.7 Å². The predicted octanol–water partition coefficient (Wildman–Crippen LogP) is 0.376. The molecule has 0 aliphatic heterocycles. The lowest BCUT2D eigenvalue weighted by Gasteiger charge is -1.98. The van der Waals surface area contributed by atoms with Crippen molar-refractivity contribution in [3.05, 3.63) is 44.7 Å². The highest BCUT2D eigenvalue weighted by Crippen LogP contribution is 1.93. The van der Waals surface area contributed by atoms with E-state index >= 15 is 0 Å². The largest absolute Gasteiger partial charge is 0.329 e. The van der Waals surface area contributed by atoms with Crippen LogP contribution in [0.25, 0.3) is 0 Å². The van der Waals surface area contributed by atoms with E-state index in [0.717, 1.165) is 10.6 Å². The fraction of sp³-hybridized carbons (Fsp3) is 0.143. The van der Waals surface area contributed by atoms with Gasteiger partial charge in [-0.2, -0.15) is 0 Å². The van der Waals surface area contributed by atoms with Crippen molar-refractivity contribution in [2.45, 2.75) is 6.54 Å². The molecule has 0 aliphatic carbocycles. The van der Waals surface area contributed by atoms with Gasteiger partial charge in [0.05, 0.1) is 0 Å². The van der Waals surface area contributed by atoms with Crippen molar-refractivity contribution in [3.63, 3.8) is 0 Å². The number of rotatable bonds is 2. The molecule has 1 rings (SSSR count). The minimum Gasteiger partial charge on any atom is -0.298 e. The van der Waals surface area contributed by atoms with E-state index < -0.39 is 11.2 Å². The molecule has 0 saturated carbocycles. The molecule has 0 bridgehead atoms. The highest BCUT2D eigenvalue weighted by molar-refractivity contribution is 6.29. The Labute approximate surface area is 73.1 Å². The van der Waals surface area contributed by atoms with Gasteiger partial charge in [-0.05, 0) is 0 Å². The third-order valence-corrected chi connectivity index (χ3v) is 1.50. The summed E-state index contributed by atoms with van der Waals surface area (Å²) >= 11 is 5.43. The summed E-state index contributed by atoms with van der Waals surface area (Å²) in [6.45, 7) is 3.60. The zero-order chi connectivity index (χ0) is 9.14. The molecule has 1 N–H and O–H groups in total. The van der Waals surface area contributed by atoms with Gasteiger partial charge in [0.15, 0.2) is 0 Å². The number of H-pyrrole nitrogens is 1. The normalized spacial score (nSPS) is 9.75. The number of nitrogens with zero attached hydrogens (tertiary/aromatic N) is 1. The van der Waals surface area contributed by atoms with Gasteiger partial charge in [0.1, 0.15) is 5.15 Å². The molecular formula is C7H7ClN2O2. The number of nitrogens with one attached hydrogen (secondary N) is 1. The van der Waals surface area contributed by atoms with Crippen molar-refractivity contribution in [1.29, 1.82) is 0 Å². The van der Waals surface area contributed by atoms with Crippen LogP contribution in [0.15, 0.2) is 28.3 Å².